The number of hydrogen-bond acceptors (Lipinski definition) is 3. The van der Waals surface area contributed by atoms with Gasteiger partial charge in [-0.25, -0.2) is 4.98 Å². The number of amides is 1. The van der Waals surface area contributed by atoms with Crippen molar-refractivity contribution < 1.29 is 4.79 Å². The highest BCUT2D eigenvalue weighted by Gasteiger charge is 2.24. The van der Waals surface area contributed by atoms with Crippen molar-refractivity contribution >= 4 is 11.7 Å². The molecule has 1 amide bonds. The van der Waals surface area contributed by atoms with E-state index in [4.69, 9.17) is 0 Å². The van der Waals surface area contributed by atoms with Gasteiger partial charge in [0.1, 0.15) is 5.82 Å². The molecule has 0 bridgehead atoms. The third-order valence-corrected chi connectivity index (χ3v) is 5.15. The van der Waals surface area contributed by atoms with E-state index in [1.165, 1.54) is 24.0 Å². The lowest BCUT2D eigenvalue weighted by molar-refractivity contribution is 0.0938. The largest absolute Gasteiger partial charge is 0.351 e. The molecular formula is C20H23N3O. The van der Waals surface area contributed by atoms with Crippen molar-refractivity contribution in [2.75, 3.05) is 11.4 Å². The summed E-state index contributed by atoms with van der Waals surface area (Å²) in [5.74, 6) is 0.825. The fraction of sp³-hybridized carbons (Fsp3) is 0.400. The Kier molecular flexibility index (Phi) is 4.20. The summed E-state index contributed by atoms with van der Waals surface area (Å²) in [6.45, 7) is 1.72. The Morgan fingerprint density at radius 1 is 1.08 bits per heavy atom. The Hall–Kier alpha value is -2.36. The zero-order chi connectivity index (χ0) is 16.4. The highest BCUT2D eigenvalue weighted by atomic mass is 16.1. The molecule has 1 fully saturated rings. The fourth-order valence-electron chi connectivity index (χ4n) is 3.84. The SMILES string of the molecule is O=C(NC1CCCC1)c1cccnc1N1CCc2ccccc2C1. The predicted molar refractivity (Wildman–Crippen MR) is 95.2 cm³/mol. The van der Waals surface area contributed by atoms with Crippen LogP contribution in [0.4, 0.5) is 5.82 Å². The summed E-state index contributed by atoms with van der Waals surface area (Å²) in [5, 5.41) is 3.19. The summed E-state index contributed by atoms with van der Waals surface area (Å²) in [6.07, 6.45) is 7.40. The van der Waals surface area contributed by atoms with Gasteiger partial charge in [0.25, 0.3) is 5.91 Å². The molecule has 0 saturated heterocycles. The predicted octanol–water partition coefficient (Wildman–Crippen LogP) is 3.32. The first kappa shape index (κ1) is 15.2. The monoisotopic (exact) mass is 321 g/mol. The van der Waals surface area contributed by atoms with Crippen LogP contribution in [0.3, 0.4) is 0 Å². The molecule has 1 aromatic heterocycles. The lowest BCUT2D eigenvalue weighted by Crippen LogP contribution is -2.36. The van der Waals surface area contributed by atoms with Gasteiger partial charge in [0.15, 0.2) is 0 Å². The first-order valence-electron chi connectivity index (χ1n) is 8.89. The normalized spacial score (nSPS) is 17.6. The third-order valence-electron chi connectivity index (χ3n) is 5.15. The van der Waals surface area contributed by atoms with Crippen LogP contribution in [0.5, 0.6) is 0 Å². The second kappa shape index (κ2) is 6.63. The van der Waals surface area contributed by atoms with E-state index in [2.05, 4.69) is 39.5 Å². The highest BCUT2D eigenvalue weighted by molar-refractivity contribution is 5.99. The quantitative estimate of drug-likeness (QED) is 0.943. The molecule has 2 aliphatic rings. The van der Waals surface area contributed by atoms with Crippen LogP contribution < -0.4 is 10.2 Å². The van der Waals surface area contributed by atoms with Crippen molar-refractivity contribution in [1.29, 1.82) is 0 Å². The Bertz CT molecular complexity index is 737. The molecule has 1 saturated carbocycles. The van der Waals surface area contributed by atoms with E-state index in [1.807, 2.05) is 12.1 Å². The average Bonchev–Trinajstić information content (AvgIpc) is 3.14. The molecular weight excluding hydrogens is 298 g/mol. The first-order valence-corrected chi connectivity index (χ1v) is 8.89. The van der Waals surface area contributed by atoms with E-state index >= 15 is 0 Å². The molecule has 24 heavy (non-hydrogen) atoms. The number of nitrogens with one attached hydrogen (secondary N) is 1. The Morgan fingerprint density at radius 2 is 1.88 bits per heavy atom. The minimum atomic E-state index is 0.0175. The van der Waals surface area contributed by atoms with Crippen LogP contribution >= 0.6 is 0 Å². The van der Waals surface area contributed by atoms with Gasteiger partial charge in [-0.05, 0) is 42.5 Å². The van der Waals surface area contributed by atoms with E-state index in [1.54, 1.807) is 6.20 Å². The maximum atomic E-state index is 12.7. The third kappa shape index (κ3) is 3.01. The van der Waals surface area contributed by atoms with Crippen LogP contribution in [0.15, 0.2) is 42.6 Å². The van der Waals surface area contributed by atoms with E-state index in [9.17, 15) is 4.79 Å². The number of benzene rings is 1. The Labute approximate surface area is 142 Å². The van der Waals surface area contributed by atoms with Crippen molar-refractivity contribution in [3.8, 4) is 0 Å². The lowest BCUT2D eigenvalue weighted by atomic mass is 9.99. The van der Waals surface area contributed by atoms with E-state index < -0.39 is 0 Å². The van der Waals surface area contributed by atoms with Gasteiger partial charge in [-0.1, -0.05) is 37.1 Å². The number of hydrogen-bond donors (Lipinski definition) is 1. The molecule has 1 aliphatic carbocycles. The summed E-state index contributed by atoms with van der Waals surface area (Å²) in [6, 6.07) is 12.6. The summed E-state index contributed by atoms with van der Waals surface area (Å²) in [4.78, 5) is 19.5. The highest BCUT2D eigenvalue weighted by Crippen LogP contribution is 2.26. The molecule has 4 nitrogen and oxygen atoms in total. The number of nitrogens with zero attached hydrogens (tertiary/aromatic N) is 2. The fourth-order valence-corrected chi connectivity index (χ4v) is 3.84. The van der Waals surface area contributed by atoms with Crippen molar-refractivity contribution in [3.63, 3.8) is 0 Å². The van der Waals surface area contributed by atoms with E-state index in [0.717, 1.165) is 38.2 Å². The zero-order valence-corrected chi connectivity index (χ0v) is 13.9. The molecule has 0 spiro atoms. The molecule has 0 unspecified atom stereocenters. The van der Waals surface area contributed by atoms with Crippen molar-refractivity contribution in [3.05, 3.63) is 59.3 Å². The van der Waals surface area contributed by atoms with Gasteiger partial charge < -0.3 is 10.2 Å². The number of carbonyl (C=O) groups is 1. The topological polar surface area (TPSA) is 45.2 Å². The maximum Gasteiger partial charge on any atom is 0.255 e. The molecule has 1 aromatic carbocycles. The van der Waals surface area contributed by atoms with Crippen molar-refractivity contribution in [2.45, 2.75) is 44.7 Å². The van der Waals surface area contributed by atoms with Crippen LogP contribution in [0.1, 0.15) is 47.2 Å². The van der Waals surface area contributed by atoms with Gasteiger partial charge in [0.05, 0.1) is 5.56 Å². The molecule has 0 radical (unpaired) electrons. The smallest absolute Gasteiger partial charge is 0.255 e. The zero-order valence-electron chi connectivity index (χ0n) is 13.9. The number of rotatable bonds is 3. The van der Waals surface area contributed by atoms with E-state index in [0.29, 0.717) is 11.6 Å². The summed E-state index contributed by atoms with van der Waals surface area (Å²) in [5.41, 5.74) is 3.43. The second-order valence-corrected chi connectivity index (χ2v) is 6.77. The van der Waals surface area contributed by atoms with Gasteiger partial charge >= 0.3 is 0 Å². The minimum absolute atomic E-state index is 0.0175. The Balaban J connectivity index is 1.56. The van der Waals surface area contributed by atoms with Crippen LogP contribution in [-0.4, -0.2) is 23.5 Å². The van der Waals surface area contributed by atoms with Crippen LogP contribution in [0, 0.1) is 0 Å². The van der Waals surface area contributed by atoms with Crippen LogP contribution in [-0.2, 0) is 13.0 Å². The van der Waals surface area contributed by atoms with Gasteiger partial charge in [-0.3, -0.25) is 4.79 Å². The first-order chi connectivity index (χ1) is 11.8. The summed E-state index contributed by atoms with van der Waals surface area (Å²) in [7, 11) is 0. The molecule has 0 atom stereocenters. The van der Waals surface area contributed by atoms with Gasteiger partial charge in [-0.15, -0.1) is 0 Å². The Morgan fingerprint density at radius 3 is 2.71 bits per heavy atom. The van der Waals surface area contributed by atoms with Gasteiger partial charge in [-0.2, -0.15) is 0 Å². The number of aromatic nitrogens is 1. The number of fused-ring (bicyclic) bond motifs is 1. The molecule has 1 N–H and O–H groups in total. The molecule has 4 heteroatoms. The molecule has 1 aliphatic heterocycles. The molecule has 2 aromatic rings. The standard InChI is InChI=1S/C20H23N3O/c24-20(22-17-8-3-4-9-17)18-10-5-12-21-19(18)23-13-11-15-6-1-2-7-16(15)14-23/h1-2,5-7,10,12,17H,3-4,8-9,11,13-14H2,(H,22,24). The number of pyridine rings is 1. The van der Waals surface area contributed by atoms with Crippen molar-refractivity contribution in [2.24, 2.45) is 0 Å². The minimum Gasteiger partial charge on any atom is -0.351 e. The van der Waals surface area contributed by atoms with Gasteiger partial charge in [0, 0.05) is 25.3 Å². The van der Waals surface area contributed by atoms with Crippen LogP contribution in [0.25, 0.3) is 0 Å². The number of carbonyl (C=O) groups excluding carboxylic acids is 1. The molecule has 2 heterocycles. The maximum absolute atomic E-state index is 12.7. The van der Waals surface area contributed by atoms with Crippen molar-refractivity contribution in [1.82, 2.24) is 10.3 Å². The van der Waals surface area contributed by atoms with Gasteiger partial charge in [0.2, 0.25) is 0 Å². The summed E-state index contributed by atoms with van der Waals surface area (Å²) < 4.78 is 0. The van der Waals surface area contributed by atoms with Crippen LogP contribution in [0.2, 0.25) is 0 Å². The summed E-state index contributed by atoms with van der Waals surface area (Å²) >= 11 is 0. The van der Waals surface area contributed by atoms with E-state index in [-0.39, 0.29) is 5.91 Å². The lowest BCUT2D eigenvalue weighted by Gasteiger charge is -2.31. The number of anilines is 1. The molecule has 124 valence electrons. The molecule has 4 rings (SSSR count). The second-order valence-electron chi connectivity index (χ2n) is 6.77. The average molecular weight is 321 g/mol.